The van der Waals surface area contributed by atoms with Crippen molar-refractivity contribution in [3.05, 3.63) is 46.4 Å². The molecule has 0 atom stereocenters. The standard InChI is InChI=1S/C15H15Cl2NO4S/c1-3-22-14-6-4-10(16)8-15(14)23(19,20)18-11-5-7-13(21-2)12(17)9-11/h4-9,18H,3H2,1-2H3. The van der Waals surface area contributed by atoms with E-state index < -0.39 is 10.0 Å². The highest BCUT2D eigenvalue weighted by atomic mass is 35.5. The second-order valence-corrected chi connectivity index (χ2v) is 6.97. The molecule has 124 valence electrons. The molecule has 0 saturated heterocycles. The van der Waals surface area contributed by atoms with Crippen LogP contribution in [0.15, 0.2) is 41.3 Å². The lowest BCUT2D eigenvalue weighted by Crippen LogP contribution is -2.14. The van der Waals surface area contributed by atoms with Gasteiger partial charge < -0.3 is 9.47 Å². The van der Waals surface area contributed by atoms with Gasteiger partial charge in [0.25, 0.3) is 10.0 Å². The van der Waals surface area contributed by atoms with Gasteiger partial charge in [-0.2, -0.15) is 0 Å². The van der Waals surface area contributed by atoms with E-state index in [1.54, 1.807) is 25.1 Å². The summed E-state index contributed by atoms with van der Waals surface area (Å²) in [6.07, 6.45) is 0. The molecule has 23 heavy (non-hydrogen) atoms. The normalized spacial score (nSPS) is 11.1. The average Bonchev–Trinajstić information content (AvgIpc) is 2.49. The Kier molecular flexibility index (Phi) is 5.62. The lowest BCUT2D eigenvalue weighted by molar-refractivity contribution is 0.331. The fraction of sp³-hybridized carbons (Fsp3) is 0.200. The summed E-state index contributed by atoms with van der Waals surface area (Å²) in [5.74, 6) is 0.677. The van der Waals surface area contributed by atoms with Crippen molar-refractivity contribution < 1.29 is 17.9 Å². The van der Waals surface area contributed by atoms with E-state index in [1.165, 1.54) is 25.3 Å². The van der Waals surface area contributed by atoms with E-state index in [0.717, 1.165) is 0 Å². The van der Waals surface area contributed by atoms with Gasteiger partial charge in [0.1, 0.15) is 16.4 Å². The molecule has 0 spiro atoms. The molecule has 0 amide bonds. The van der Waals surface area contributed by atoms with E-state index >= 15 is 0 Å². The molecule has 2 aromatic carbocycles. The lowest BCUT2D eigenvalue weighted by Gasteiger charge is -2.13. The van der Waals surface area contributed by atoms with Crippen LogP contribution in [0.1, 0.15) is 6.92 Å². The van der Waals surface area contributed by atoms with Gasteiger partial charge in [-0.1, -0.05) is 23.2 Å². The maximum Gasteiger partial charge on any atom is 0.265 e. The van der Waals surface area contributed by atoms with Crippen LogP contribution in [-0.4, -0.2) is 22.1 Å². The highest BCUT2D eigenvalue weighted by Gasteiger charge is 2.21. The van der Waals surface area contributed by atoms with E-state index in [2.05, 4.69) is 4.72 Å². The number of benzene rings is 2. The molecule has 8 heteroatoms. The molecule has 2 aromatic rings. The van der Waals surface area contributed by atoms with Gasteiger partial charge in [-0.15, -0.1) is 0 Å². The Labute approximate surface area is 145 Å². The molecule has 0 aromatic heterocycles. The molecule has 0 radical (unpaired) electrons. The van der Waals surface area contributed by atoms with Crippen molar-refractivity contribution in [3.63, 3.8) is 0 Å². The van der Waals surface area contributed by atoms with Crippen LogP contribution in [0.25, 0.3) is 0 Å². The van der Waals surface area contributed by atoms with Crippen molar-refractivity contribution in [1.82, 2.24) is 0 Å². The Morgan fingerprint density at radius 3 is 2.39 bits per heavy atom. The molecule has 1 N–H and O–H groups in total. The molecule has 0 heterocycles. The maximum atomic E-state index is 12.6. The van der Waals surface area contributed by atoms with Crippen LogP contribution < -0.4 is 14.2 Å². The van der Waals surface area contributed by atoms with E-state index in [4.69, 9.17) is 32.7 Å². The fourth-order valence-electron chi connectivity index (χ4n) is 1.91. The van der Waals surface area contributed by atoms with E-state index in [0.29, 0.717) is 28.1 Å². The van der Waals surface area contributed by atoms with Crippen molar-refractivity contribution in [2.75, 3.05) is 18.4 Å². The molecule has 0 fully saturated rings. The minimum absolute atomic E-state index is 0.0428. The smallest absolute Gasteiger partial charge is 0.265 e. The van der Waals surface area contributed by atoms with E-state index in [-0.39, 0.29) is 10.6 Å². The molecule has 0 aliphatic heterocycles. The molecule has 0 unspecified atom stereocenters. The maximum absolute atomic E-state index is 12.6. The zero-order valence-corrected chi connectivity index (χ0v) is 14.8. The summed E-state index contributed by atoms with van der Waals surface area (Å²) in [5.41, 5.74) is 0.304. The Morgan fingerprint density at radius 1 is 1.09 bits per heavy atom. The quantitative estimate of drug-likeness (QED) is 0.821. The Hall–Kier alpha value is -1.63. The minimum atomic E-state index is -3.88. The molecule has 0 aliphatic carbocycles. The van der Waals surface area contributed by atoms with Crippen molar-refractivity contribution in [2.24, 2.45) is 0 Å². The van der Waals surface area contributed by atoms with Crippen molar-refractivity contribution in [1.29, 1.82) is 0 Å². The van der Waals surface area contributed by atoms with E-state index in [9.17, 15) is 8.42 Å². The Morgan fingerprint density at radius 2 is 1.78 bits per heavy atom. The average molecular weight is 376 g/mol. The lowest BCUT2D eigenvalue weighted by atomic mass is 10.3. The number of methoxy groups -OCH3 is 1. The third-order valence-corrected chi connectivity index (χ3v) is 4.83. The first-order valence-corrected chi connectivity index (χ1v) is 8.90. The summed E-state index contributed by atoms with van der Waals surface area (Å²) < 4.78 is 38.0. The van der Waals surface area contributed by atoms with Gasteiger partial charge in [0.15, 0.2) is 0 Å². The zero-order chi connectivity index (χ0) is 17.0. The molecule has 0 aliphatic rings. The topological polar surface area (TPSA) is 64.6 Å². The monoisotopic (exact) mass is 375 g/mol. The molecule has 2 rings (SSSR count). The summed E-state index contributed by atoms with van der Waals surface area (Å²) in [6.45, 7) is 2.10. The molecular weight excluding hydrogens is 361 g/mol. The highest BCUT2D eigenvalue weighted by Crippen LogP contribution is 2.31. The van der Waals surface area contributed by atoms with Gasteiger partial charge in [0.05, 0.1) is 24.4 Å². The van der Waals surface area contributed by atoms with Crippen LogP contribution in [0.4, 0.5) is 5.69 Å². The first-order valence-electron chi connectivity index (χ1n) is 6.66. The van der Waals surface area contributed by atoms with Gasteiger partial charge in [-0.25, -0.2) is 8.42 Å². The SMILES string of the molecule is CCOc1ccc(Cl)cc1S(=O)(=O)Nc1ccc(OC)c(Cl)c1. The summed E-state index contributed by atoms with van der Waals surface area (Å²) in [5, 5.41) is 0.588. The second kappa shape index (κ2) is 7.29. The number of rotatable bonds is 6. The molecule has 0 saturated carbocycles. The number of ether oxygens (including phenoxy) is 2. The summed E-state index contributed by atoms with van der Waals surface area (Å²) in [6, 6.07) is 8.99. The predicted molar refractivity (Wildman–Crippen MR) is 91.4 cm³/mol. The molecule has 0 bridgehead atoms. The van der Waals surface area contributed by atoms with Gasteiger partial charge in [-0.3, -0.25) is 4.72 Å². The molecular formula is C15H15Cl2NO4S. The summed E-state index contributed by atoms with van der Waals surface area (Å²) >= 11 is 11.9. The van der Waals surface area contributed by atoms with Crippen LogP contribution in [0, 0.1) is 0 Å². The minimum Gasteiger partial charge on any atom is -0.495 e. The fourth-order valence-corrected chi connectivity index (χ4v) is 3.62. The Balaban J connectivity index is 2.39. The number of sulfonamides is 1. The molecule has 5 nitrogen and oxygen atoms in total. The van der Waals surface area contributed by atoms with Gasteiger partial charge in [0.2, 0.25) is 0 Å². The summed E-state index contributed by atoms with van der Waals surface area (Å²) in [4.78, 5) is -0.0428. The van der Waals surface area contributed by atoms with Gasteiger partial charge >= 0.3 is 0 Å². The summed E-state index contributed by atoms with van der Waals surface area (Å²) in [7, 11) is -2.41. The van der Waals surface area contributed by atoms with Gasteiger partial charge in [0, 0.05) is 5.02 Å². The zero-order valence-electron chi connectivity index (χ0n) is 12.5. The first-order chi connectivity index (χ1) is 10.9. The van der Waals surface area contributed by atoms with Crippen LogP contribution in [0.3, 0.4) is 0 Å². The number of hydrogen-bond acceptors (Lipinski definition) is 4. The number of halogens is 2. The number of nitrogens with one attached hydrogen (secondary N) is 1. The third-order valence-electron chi connectivity index (χ3n) is 2.90. The van der Waals surface area contributed by atoms with Crippen LogP contribution in [0.5, 0.6) is 11.5 Å². The van der Waals surface area contributed by atoms with Crippen LogP contribution in [-0.2, 0) is 10.0 Å². The van der Waals surface area contributed by atoms with Crippen molar-refractivity contribution in [2.45, 2.75) is 11.8 Å². The van der Waals surface area contributed by atoms with Crippen LogP contribution >= 0.6 is 23.2 Å². The third kappa shape index (κ3) is 4.22. The van der Waals surface area contributed by atoms with E-state index in [1.807, 2.05) is 0 Å². The number of hydrogen-bond donors (Lipinski definition) is 1. The predicted octanol–water partition coefficient (Wildman–Crippen LogP) is 4.20. The number of anilines is 1. The van der Waals surface area contributed by atoms with Gasteiger partial charge in [-0.05, 0) is 43.3 Å². The van der Waals surface area contributed by atoms with Crippen molar-refractivity contribution >= 4 is 38.9 Å². The highest BCUT2D eigenvalue weighted by molar-refractivity contribution is 7.92. The Bertz CT molecular complexity index is 809. The second-order valence-electron chi connectivity index (χ2n) is 4.48. The first kappa shape index (κ1) is 17.7. The van der Waals surface area contributed by atoms with Crippen molar-refractivity contribution in [3.8, 4) is 11.5 Å². The largest absolute Gasteiger partial charge is 0.495 e. The van der Waals surface area contributed by atoms with Crippen LogP contribution in [0.2, 0.25) is 10.0 Å².